The number of methoxy groups -OCH3 is 1. The Morgan fingerprint density at radius 3 is 2.66 bits per heavy atom. The first-order valence-corrected chi connectivity index (χ1v) is 11.5. The molecule has 2 aliphatic rings. The molecule has 180 valence electrons. The fourth-order valence-corrected chi connectivity index (χ4v) is 5.18. The average Bonchev–Trinajstić information content (AvgIpc) is 3.54. The van der Waals surface area contributed by atoms with Gasteiger partial charge in [-0.3, -0.25) is 9.88 Å². The Bertz CT molecular complexity index is 1470. The van der Waals surface area contributed by atoms with Crippen molar-refractivity contribution in [3.63, 3.8) is 0 Å². The maximum Gasteiger partial charge on any atom is 0.415 e. The van der Waals surface area contributed by atoms with Crippen molar-refractivity contribution in [1.82, 2.24) is 19.8 Å². The molecule has 0 spiro atoms. The minimum absolute atomic E-state index is 0.0931. The number of aromatic nitrogens is 2. The molecule has 0 radical (unpaired) electrons. The van der Waals surface area contributed by atoms with Gasteiger partial charge >= 0.3 is 6.09 Å². The SMILES string of the molecule is COc1cc2nccc(Oc3ccc4[nH]c(C)cc4c3F)c2cc1OC(=O)N1C[C@@H]2C[C@H]1CN2C. The van der Waals surface area contributed by atoms with Gasteiger partial charge < -0.3 is 24.1 Å². The van der Waals surface area contributed by atoms with Crippen molar-refractivity contribution in [2.45, 2.75) is 25.4 Å². The molecule has 0 saturated carbocycles. The van der Waals surface area contributed by atoms with E-state index in [1.807, 2.05) is 6.92 Å². The summed E-state index contributed by atoms with van der Waals surface area (Å²) >= 11 is 0. The van der Waals surface area contributed by atoms with Crippen LogP contribution in [0.25, 0.3) is 21.8 Å². The summed E-state index contributed by atoms with van der Waals surface area (Å²) in [7, 11) is 3.58. The van der Waals surface area contributed by atoms with E-state index in [2.05, 4.69) is 21.9 Å². The lowest BCUT2D eigenvalue weighted by molar-refractivity contribution is 0.117. The number of likely N-dealkylation sites (tertiary alicyclic amines) is 2. The van der Waals surface area contributed by atoms with Gasteiger partial charge in [-0.25, -0.2) is 9.18 Å². The number of aromatic amines is 1. The first-order chi connectivity index (χ1) is 16.9. The number of carbonyl (C=O) groups excluding carboxylic acids is 1. The van der Waals surface area contributed by atoms with Crippen LogP contribution in [0.15, 0.2) is 42.6 Å². The quantitative estimate of drug-likeness (QED) is 0.454. The molecule has 2 bridgehead atoms. The second-order valence-electron chi connectivity index (χ2n) is 9.23. The van der Waals surface area contributed by atoms with E-state index >= 15 is 4.39 Å². The van der Waals surface area contributed by atoms with Crippen molar-refractivity contribution in [2.75, 3.05) is 27.2 Å². The monoisotopic (exact) mass is 476 g/mol. The Kier molecular flexibility index (Phi) is 5.03. The second-order valence-corrected chi connectivity index (χ2v) is 9.23. The summed E-state index contributed by atoms with van der Waals surface area (Å²) in [5.41, 5.74) is 2.13. The molecule has 1 N–H and O–H groups in total. The molecule has 2 fully saturated rings. The van der Waals surface area contributed by atoms with E-state index in [0.717, 1.165) is 18.7 Å². The number of aryl methyl sites for hydroxylation is 1. The van der Waals surface area contributed by atoms with Crippen LogP contribution < -0.4 is 14.2 Å². The number of benzene rings is 2. The Morgan fingerprint density at radius 1 is 1.06 bits per heavy atom. The molecule has 4 aromatic rings. The minimum atomic E-state index is -0.453. The third kappa shape index (κ3) is 3.63. The second kappa shape index (κ2) is 8.13. The van der Waals surface area contributed by atoms with Gasteiger partial charge in [0.1, 0.15) is 5.75 Å². The maximum absolute atomic E-state index is 15.2. The van der Waals surface area contributed by atoms with Gasteiger partial charge in [-0.05, 0) is 50.7 Å². The van der Waals surface area contributed by atoms with Crippen molar-refractivity contribution in [1.29, 1.82) is 0 Å². The number of amides is 1. The summed E-state index contributed by atoms with van der Waals surface area (Å²) in [5.74, 6) is 0.674. The van der Waals surface area contributed by atoms with Crippen LogP contribution in [0.3, 0.4) is 0 Å². The zero-order chi connectivity index (χ0) is 24.3. The molecule has 1 amide bonds. The summed E-state index contributed by atoms with van der Waals surface area (Å²) in [6.07, 6.45) is 2.13. The van der Waals surface area contributed by atoms with Crippen molar-refractivity contribution >= 4 is 27.9 Å². The average molecular weight is 477 g/mol. The lowest BCUT2D eigenvalue weighted by Gasteiger charge is -2.31. The number of carbonyl (C=O) groups is 1. The third-order valence-electron chi connectivity index (χ3n) is 6.99. The highest BCUT2D eigenvalue weighted by Gasteiger charge is 2.44. The van der Waals surface area contributed by atoms with Crippen molar-refractivity contribution in [3.05, 3.63) is 54.1 Å². The van der Waals surface area contributed by atoms with Crippen molar-refractivity contribution in [3.8, 4) is 23.0 Å². The van der Waals surface area contributed by atoms with E-state index in [1.165, 1.54) is 7.11 Å². The lowest BCUT2D eigenvalue weighted by Crippen LogP contribution is -2.48. The molecular weight excluding hydrogens is 451 g/mol. The van der Waals surface area contributed by atoms with E-state index < -0.39 is 11.9 Å². The van der Waals surface area contributed by atoms with Crippen LogP contribution >= 0.6 is 0 Å². The normalized spacial score (nSPS) is 19.6. The summed E-state index contributed by atoms with van der Waals surface area (Å²) in [5, 5.41) is 1.03. The number of pyridine rings is 1. The molecule has 2 aliphatic heterocycles. The molecule has 2 aromatic carbocycles. The third-order valence-corrected chi connectivity index (χ3v) is 6.99. The van der Waals surface area contributed by atoms with Gasteiger partial charge in [-0.15, -0.1) is 0 Å². The number of ether oxygens (including phenoxy) is 3. The Hall–Kier alpha value is -3.85. The van der Waals surface area contributed by atoms with Crippen LogP contribution in [0.1, 0.15) is 12.1 Å². The molecule has 2 aromatic heterocycles. The minimum Gasteiger partial charge on any atom is -0.493 e. The summed E-state index contributed by atoms with van der Waals surface area (Å²) in [6, 6.07) is 10.6. The summed E-state index contributed by atoms with van der Waals surface area (Å²) < 4.78 is 32.4. The highest BCUT2D eigenvalue weighted by molar-refractivity contribution is 5.90. The molecule has 0 aliphatic carbocycles. The number of nitrogens with zero attached hydrogens (tertiary/aromatic N) is 3. The first-order valence-electron chi connectivity index (χ1n) is 11.5. The van der Waals surface area contributed by atoms with Gasteiger partial charge in [-0.1, -0.05) is 0 Å². The number of likely N-dealkylation sites (N-methyl/N-ethyl adjacent to an activating group) is 1. The largest absolute Gasteiger partial charge is 0.493 e. The predicted octanol–water partition coefficient (Wildman–Crippen LogP) is 4.85. The van der Waals surface area contributed by atoms with Crippen LogP contribution in [-0.2, 0) is 0 Å². The topological polar surface area (TPSA) is 79.9 Å². The number of hydrogen-bond acceptors (Lipinski definition) is 6. The molecule has 4 heterocycles. The van der Waals surface area contributed by atoms with Gasteiger partial charge in [0.15, 0.2) is 23.1 Å². The maximum atomic E-state index is 15.2. The number of piperazine rings is 1. The zero-order valence-corrected chi connectivity index (χ0v) is 19.7. The Labute approximate surface area is 201 Å². The van der Waals surface area contributed by atoms with Gasteiger partial charge in [0, 0.05) is 59.4 Å². The van der Waals surface area contributed by atoms with Crippen molar-refractivity contribution < 1.29 is 23.4 Å². The standard InChI is InChI=1S/C26H25FN4O4/c1-14-8-18-19(29-14)4-5-22(25(18)27)34-21-6-7-28-20-11-23(33-3)24(10-17(20)21)35-26(32)31-13-15-9-16(31)12-30(15)2/h4-8,10-11,15-16,29H,9,12-13H2,1-3H3/t15-,16-/m0/s1. The Balaban J connectivity index is 1.34. The highest BCUT2D eigenvalue weighted by atomic mass is 19.1. The predicted molar refractivity (Wildman–Crippen MR) is 129 cm³/mol. The number of rotatable bonds is 4. The van der Waals surface area contributed by atoms with Gasteiger partial charge in [0.05, 0.1) is 12.6 Å². The number of H-pyrrole nitrogens is 1. The van der Waals surface area contributed by atoms with Crippen LogP contribution in [0, 0.1) is 12.7 Å². The summed E-state index contributed by atoms with van der Waals surface area (Å²) in [6.45, 7) is 3.36. The molecule has 35 heavy (non-hydrogen) atoms. The molecular formula is C26H25FN4O4. The van der Waals surface area contributed by atoms with Crippen LogP contribution in [0.2, 0.25) is 0 Å². The van der Waals surface area contributed by atoms with E-state index in [1.54, 1.807) is 47.5 Å². The van der Waals surface area contributed by atoms with E-state index in [9.17, 15) is 4.79 Å². The lowest BCUT2D eigenvalue weighted by atomic mass is 10.1. The van der Waals surface area contributed by atoms with Gasteiger partial charge in [-0.2, -0.15) is 0 Å². The number of hydrogen-bond donors (Lipinski definition) is 1. The summed E-state index contributed by atoms with van der Waals surface area (Å²) in [4.78, 5) is 24.5. The zero-order valence-electron chi connectivity index (χ0n) is 19.7. The van der Waals surface area contributed by atoms with Crippen LogP contribution in [0.4, 0.5) is 9.18 Å². The van der Waals surface area contributed by atoms with E-state index in [0.29, 0.717) is 45.9 Å². The van der Waals surface area contributed by atoms with Crippen LogP contribution in [0.5, 0.6) is 23.0 Å². The molecule has 9 heteroatoms. The number of fused-ring (bicyclic) bond motifs is 4. The van der Waals surface area contributed by atoms with E-state index in [-0.39, 0.29) is 17.5 Å². The van der Waals surface area contributed by atoms with Gasteiger partial charge in [0.2, 0.25) is 0 Å². The van der Waals surface area contributed by atoms with Crippen LogP contribution in [-0.4, -0.2) is 65.2 Å². The van der Waals surface area contributed by atoms with E-state index in [4.69, 9.17) is 14.2 Å². The molecule has 2 saturated heterocycles. The smallest absolute Gasteiger partial charge is 0.415 e. The fourth-order valence-electron chi connectivity index (χ4n) is 5.18. The fraction of sp³-hybridized carbons (Fsp3) is 0.308. The molecule has 8 nitrogen and oxygen atoms in total. The molecule has 6 rings (SSSR count). The highest BCUT2D eigenvalue weighted by Crippen LogP contribution is 2.39. The number of halogens is 1. The molecule has 0 unspecified atom stereocenters. The molecule has 2 atom stereocenters. The van der Waals surface area contributed by atoms with Gasteiger partial charge in [0.25, 0.3) is 0 Å². The first kappa shape index (κ1) is 21.7. The van der Waals surface area contributed by atoms with Crippen molar-refractivity contribution in [2.24, 2.45) is 0 Å². The Morgan fingerprint density at radius 2 is 1.91 bits per heavy atom. The number of nitrogens with one attached hydrogen (secondary N) is 1.